The van der Waals surface area contributed by atoms with Crippen LogP contribution in [-0.4, -0.2) is 24.2 Å². The molecule has 0 aliphatic carbocycles. The maximum atomic E-state index is 11.2. The van der Waals surface area contributed by atoms with Gasteiger partial charge in [-0.2, -0.15) is 0 Å². The number of carboxylic acids is 1. The van der Waals surface area contributed by atoms with E-state index in [0.717, 1.165) is 0 Å². The van der Waals surface area contributed by atoms with Crippen LogP contribution in [0.15, 0.2) is 24.3 Å². The molecule has 16 heavy (non-hydrogen) atoms. The van der Waals surface area contributed by atoms with Crippen LogP contribution in [0.2, 0.25) is 0 Å². The van der Waals surface area contributed by atoms with E-state index in [1.54, 1.807) is 24.3 Å². The molecular formula is C11H12O5. The van der Waals surface area contributed by atoms with Crippen molar-refractivity contribution in [3.05, 3.63) is 24.3 Å². The Morgan fingerprint density at radius 1 is 1.19 bits per heavy atom. The van der Waals surface area contributed by atoms with Gasteiger partial charge in [0.2, 0.25) is 0 Å². The Balaban J connectivity index is 2.58. The van der Waals surface area contributed by atoms with Crippen LogP contribution >= 0.6 is 0 Å². The van der Waals surface area contributed by atoms with Crippen LogP contribution < -0.4 is 9.47 Å². The zero-order valence-corrected chi connectivity index (χ0v) is 8.80. The number of carbonyl (C=O) groups excluding carboxylic acids is 1. The van der Waals surface area contributed by atoms with Gasteiger partial charge in [-0.1, -0.05) is 12.1 Å². The zero-order chi connectivity index (χ0) is 12.0. The lowest BCUT2D eigenvalue weighted by atomic mass is 10.3. The zero-order valence-electron chi connectivity index (χ0n) is 8.80. The van der Waals surface area contributed by atoms with Crippen LogP contribution in [0, 0.1) is 0 Å². The summed E-state index contributed by atoms with van der Waals surface area (Å²) in [6, 6.07) is 6.67. The molecule has 0 aliphatic heterocycles. The molecule has 0 aliphatic rings. The molecule has 0 fully saturated rings. The molecule has 1 N–H and O–H groups in total. The number of benzene rings is 1. The third-order valence-electron chi connectivity index (χ3n) is 1.84. The number of hydrogen-bond donors (Lipinski definition) is 1. The van der Waals surface area contributed by atoms with E-state index in [2.05, 4.69) is 0 Å². The van der Waals surface area contributed by atoms with Gasteiger partial charge in [-0.3, -0.25) is 9.59 Å². The Morgan fingerprint density at radius 3 is 2.38 bits per heavy atom. The fraction of sp³-hybridized carbons (Fsp3) is 0.273. The summed E-state index contributed by atoms with van der Waals surface area (Å²) in [6.45, 7) is 0. The maximum absolute atomic E-state index is 11.2. The molecule has 0 saturated heterocycles. The Hall–Kier alpha value is -2.04. The SMILES string of the molecule is COc1ccccc1OC(=O)CCC(=O)O. The van der Waals surface area contributed by atoms with Gasteiger partial charge in [-0.05, 0) is 12.1 Å². The Bertz CT molecular complexity index is 386. The van der Waals surface area contributed by atoms with Crippen LogP contribution in [0.1, 0.15) is 12.8 Å². The van der Waals surface area contributed by atoms with Crippen molar-refractivity contribution in [1.82, 2.24) is 0 Å². The van der Waals surface area contributed by atoms with Crippen molar-refractivity contribution in [2.75, 3.05) is 7.11 Å². The molecule has 0 amide bonds. The average molecular weight is 224 g/mol. The van der Waals surface area contributed by atoms with Crippen LogP contribution in [0.5, 0.6) is 11.5 Å². The molecule has 0 saturated carbocycles. The van der Waals surface area contributed by atoms with Crippen molar-refractivity contribution >= 4 is 11.9 Å². The highest BCUT2D eigenvalue weighted by Gasteiger charge is 2.10. The first kappa shape index (κ1) is 12.0. The quantitative estimate of drug-likeness (QED) is 0.605. The van der Waals surface area contributed by atoms with Crippen LogP contribution in [0.25, 0.3) is 0 Å². The summed E-state index contributed by atoms with van der Waals surface area (Å²) in [5, 5.41) is 8.40. The van der Waals surface area contributed by atoms with E-state index in [0.29, 0.717) is 11.5 Å². The Morgan fingerprint density at radius 2 is 1.81 bits per heavy atom. The summed E-state index contributed by atoms with van der Waals surface area (Å²) < 4.78 is 9.94. The van der Waals surface area contributed by atoms with E-state index >= 15 is 0 Å². The fourth-order valence-electron chi connectivity index (χ4n) is 1.09. The smallest absolute Gasteiger partial charge is 0.311 e. The number of carbonyl (C=O) groups is 2. The van der Waals surface area contributed by atoms with Gasteiger partial charge in [0.15, 0.2) is 11.5 Å². The molecule has 1 aromatic carbocycles. The molecule has 86 valence electrons. The van der Waals surface area contributed by atoms with Gasteiger partial charge < -0.3 is 14.6 Å². The summed E-state index contributed by atoms with van der Waals surface area (Å²) >= 11 is 0. The van der Waals surface area contributed by atoms with E-state index in [1.807, 2.05) is 0 Å². The number of hydrogen-bond acceptors (Lipinski definition) is 4. The molecule has 0 radical (unpaired) electrons. The first-order valence-electron chi connectivity index (χ1n) is 4.69. The van der Waals surface area contributed by atoms with E-state index in [4.69, 9.17) is 14.6 Å². The molecular weight excluding hydrogens is 212 g/mol. The van der Waals surface area contributed by atoms with E-state index in [-0.39, 0.29) is 12.8 Å². The predicted octanol–water partition coefficient (Wildman–Crippen LogP) is 1.47. The summed E-state index contributed by atoms with van der Waals surface area (Å²) in [5.41, 5.74) is 0. The van der Waals surface area contributed by atoms with Gasteiger partial charge in [0.05, 0.1) is 20.0 Å². The molecule has 1 aromatic rings. The van der Waals surface area contributed by atoms with E-state index in [1.165, 1.54) is 7.11 Å². The lowest BCUT2D eigenvalue weighted by molar-refractivity contribution is -0.142. The monoisotopic (exact) mass is 224 g/mol. The van der Waals surface area contributed by atoms with Crippen molar-refractivity contribution in [2.24, 2.45) is 0 Å². The Labute approximate surface area is 92.6 Å². The van der Waals surface area contributed by atoms with Crippen LogP contribution in [-0.2, 0) is 9.59 Å². The second-order valence-electron chi connectivity index (χ2n) is 3.02. The van der Waals surface area contributed by atoms with Gasteiger partial charge in [0, 0.05) is 0 Å². The van der Waals surface area contributed by atoms with Gasteiger partial charge in [-0.25, -0.2) is 0 Å². The normalized spacial score (nSPS) is 9.56. The summed E-state index contributed by atoms with van der Waals surface area (Å²) in [4.78, 5) is 21.5. The minimum Gasteiger partial charge on any atom is -0.493 e. The maximum Gasteiger partial charge on any atom is 0.311 e. The van der Waals surface area contributed by atoms with Gasteiger partial charge in [0.1, 0.15) is 0 Å². The summed E-state index contributed by atoms with van der Waals surface area (Å²) in [6.07, 6.45) is -0.401. The van der Waals surface area contributed by atoms with Crippen molar-refractivity contribution in [1.29, 1.82) is 0 Å². The second-order valence-corrected chi connectivity index (χ2v) is 3.02. The van der Waals surface area contributed by atoms with Crippen molar-refractivity contribution < 1.29 is 24.2 Å². The number of esters is 1. The Kier molecular flexibility index (Phi) is 4.32. The minimum atomic E-state index is -1.03. The first-order chi connectivity index (χ1) is 7.63. The second kappa shape index (κ2) is 5.75. The molecule has 1 rings (SSSR count). The van der Waals surface area contributed by atoms with Crippen molar-refractivity contribution in [3.63, 3.8) is 0 Å². The fourth-order valence-corrected chi connectivity index (χ4v) is 1.09. The molecule has 5 heteroatoms. The van der Waals surface area contributed by atoms with Crippen molar-refractivity contribution in [3.8, 4) is 11.5 Å². The highest BCUT2D eigenvalue weighted by molar-refractivity contribution is 5.78. The number of aliphatic carboxylic acids is 1. The third kappa shape index (κ3) is 3.61. The van der Waals surface area contributed by atoms with Gasteiger partial charge >= 0.3 is 11.9 Å². The first-order valence-corrected chi connectivity index (χ1v) is 4.69. The van der Waals surface area contributed by atoms with E-state index < -0.39 is 11.9 Å². The number of para-hydroxylation sites is 2. The summed E-state index contributed by atoms with van der Waals surface area (Å²) in [5.74, 6) is -0.893. The molecule has 0 bridgehead atoms. The van der Waals surface area contributed by atoms with Gasteiger partial charge in [0.25, 0.3) is 0 Å². The standard InChI is InChI=1S/C11H12O5/c1-15-8-4-2-3-5-9(8)16-11(14)7-6-10(12)13/h2-5H,6-7H2,1H3,(H,12,13). The lowest BCUT2D eigenvalue weighted by Crippen LogP contribution is -2.10. The molecule has 5 nitrogen and oxygen atoms in total. The molecule has 0 heterocycles. The minimum absolute atomic E-state index is 0.159. The molecule has 0 atom stereocenters. The topological polar surface area (TPSA) is 72.8 Å². The molecule has 0 spiro atoms. The largest absolute Gasteiger partial charge is 0.493 e. The summed E-state index contributed by atoms with van der Waals surface area (Å²) in [7, 11) is 1.46. The van der Waals surface area contributed by atoms with Crippen molar-refractivity contribution in [2.45, 2.75) is 12.8 Å². The highest BCUT2D eigenvalue weighted by atomic mass is 16.6. The lowest BCUT2D eigenvalue weighted by Gasteiger charge is -2.07. The van der Waals surface area contributed by atoms with Crippen LogP contribution in [0.3, 0.4) is 0 Å². The molecule has 0 unspecified atom stereocenters. The number of methoxy groups -OCH3 is 1. The predicted molar refractivity (Wildman–Crippen MR) is 55.5 cm³/mol. The average Bonchev–Trinajstić information content (AvgIpc) is 2.27. The van der Waals surface area contributed by atoms with Gasteiger partial charge in [-0.15, -0.1) is 0 Å². The van der Waals surface area contributed by atoms with E-state index in [9.17, 15) is 9.59 Å². The number of carboxylic acid groups (broad SMARTS) is 1. The van der Waals surface area contributed by atoms with Crippen LogP contribution in [0.4, 0.5) is 0 Å². The third-order valence-corrected chi connectivity index (χ3v) is 1.84. The molecule has 0 aromatic heterocycles. The number of ether oxygens (including phenoxy) is 2. The number of rotatable bonds is 5. The highest BCUT2D eigenvalue weighted by Crippen LogP contribution is 2.26.